The Morgan fingerprint density at radius 2 is 1.02 bits per heavy atom. The van der Waals surface area contributed by atoms with Crippen molar-refractivity contribution < 1.29 is 24.6 Å². The Morgan fingerprint density at radius 3 is 1.44 bits per heavy atom. The average Bonchev–Trinajstić information content (AvgIpc) is 3.44. The largest absolute Gasteiger partial charge is 0.505 e. The number of hydrogen-bond donors (Lipinski definition) is 3. The number of Topliss-reactive ketones (excluding diaryl/α,β-unsaturated/α-hetero) is 2. The summed E-state index contributed by atoms with van der Waals surface area (Å²) in [6.45, 7) is 0. The molecule has 0 bridgehead atoms. The van der Waals surface area contributed by atoms with Gasteiger partial charge in [0.2, 0.25) is 11.6 Å². The second-order valence-corrected chi connectivity index (χ2v) is 10.6. The third kappa shape index (κ3) is 7.17. The Kier molecular flexibility index (Phi) is 9.95. The summed E-state index contributed by atoms with van der Waals surface area (Å²) < 4.78 is 0. The van der Waals surface area contributed by atoms with E-state index in [1.54, 1.807) is 54.7 Å². The molecule has 228 valence electrons. The van der Waals surface area contributed by atoms with E-state index >= 15 is 0 Å². The van der Waals surface area contributed by atoms with Crippen molar-refractivity contribution in [1.29, 1.82) is 0 Å². The maximum absolute atomic E-state index is 12.2. The maximum atomic E-state index is 12.2. The van der Waals surface area contributed by atoms with Crippen LogP contribution < -0.4 is 15.5 Å². The second-order valence-electron chi connectivity index (χ2n) is 10.6. The lowest BCUT2D eigenvalue weighted by molar-refractivity contribution is 0.102. The first-order chi connectivity index (χ1) is 21.5. The second kappa shape index (κ2) is 14.0. The van der Waals surface area contributed by atoms with E-state index < -0.39 is 0 Å². The zero-order valence-electron chi connectivity index (χ0n) is 25.4. The standard InChI is InChI=1S/C18H16N2O2.C9H7NO2.C9H11NO/c1-20(2)13-9-7-12(8-10-13)11-19-16-17(21)14-5-3-4-6-15(14)18(16)22;10-7-8(11)5-3-1-2-4-6(5)9(7)12;1-10(2)9-5-3-8(7-11)4-6-9/h3-11,21H,1-2H3;1-4H,(H3,10,11,12);3-7H,1-2H3. The van der Waals surface area contributed by atoms with Crippen LogP contribution >= 0.6 is 0 Å². The number of ketones is 2. The van der Waals surface area contributed by atoms with E-state index in [-0.39, 0.29) is 34.5 Å². The highest BCUT2D eigenvalue weighted by Gasteiger charge is 2.29. The van der Waals surface area contributed by atoms with Gasteiger partial charge in [-0.2, -0.15) is 0 Å². The van der Waals surface area contributed by atoms with Gasteiger partial charge in [0, 0.05) is 73.6 Å². The van der Waals surface area contributed by atoms with Crippen molar-refractivity contribution in [3.8, 4) is 0 Å². The molecule has 9 heteroatoms. The minimum absolute atomic E-state index is 0.0539. The van der Waals surface area contributed by atoms with Gasteiger partial charge >= 0.3 is 0 Å². The lowest BCUT2D eigenvalue weighted by Gasteiger charge is -2.11. The first-order valence-electron chi connectivity index (χ1n) is 14.0. The van der Waals surface area contributed by atoms with Gasteiger partial charge in [0.25, 0.3) is 0 Å². The van der Waals surface area contributed by atoms with Crippen molar-refractivity contribution >= 4 is 47.0 Å². The summed E-state index contributed by atoms with van der Waals surface area (Å²) in [5, 5.41) is 19.5. The van der Waals surface area contributed by atoms with Crippen LogP contribution in [0.1, 0.15) is 47.8 Å². The van der Waals surface area contributed by atoms with Crippen LogP contribution in [0, 0.1) is 0 Å². The maximum Gasteiger partial charge on any atom is 0.215 e. The molecule has 4 aromatic carbocycles. The highest BCUT2D eigenvalue weighted by Crippen LogP contribution is 2.31. The summed E-state index contributed by atoms with van der Waals surface area (Å²) in [4.78, 5) is 42.0. The van der Waals surface area contributed by atoms with E-state index in [1.807, 2.05) is 86.5 Å². The van der Waals surface area contributed by atoms with Gasteiger partial charge < -0.3 is 25.7 Å². The van der Waals surface area contributed by atoms with Crippen molar-refractivity contribution in [2.75, 3.05) is 38.0 Å². The van der Waals surface area contributed by atoms with Crippen molar-refractivity contribution in [3.05, 3.63) is 142 Å². The number of rotatable bonds is 5. The third-order valence-electron chi connectivity index (χ3n) is 7.09. The highest BCUT2D eigenvalue weighted by atomic mass is 16.3. The number of anilines is 2. The number of aliphatic imine (C=N–C) groups is 1. The summed E-state index contributed by atoms with van der Waals surface area (Å²) in [5.41, 5.74) is 11.2. The van der Waals surface area contributed by atoms with Gasteiger partial charge in [-0.05, 0) is 42.0 Å². The van der Waals surface area contributed by atoms with Crippen LogP contribution in [0.15, 0.2) is 113 Å². The number of carbonyl (C=O) groups is 3. The summed E-state index contributed by atoms with van der Waals surface area (Å²) in [5.74, 6) is -0.685. The van der Waals surface area contributed by atoms with Crippen molar-refractivity contribution in [2.24, 2.45) is 10.7 Å². The zero-order chi connectivity index (χ0) is 32.7. The van der Waals surface area contributed by atoms with Crippen LogP contribution in [0.25, 0.3) is 11.5 Å². The number of aldehydes is 1. The highest BCUT2D eigenvalue weighted by molar-refractivity contribution is 6.20. The van der Waals surface area contributed by atoms with Gasteiger partial charge in [0.1, 0.15) is 17.7 Å². The van der Waals surface area contributed by atoms with Crippen molar-refractivity contribution in [1.82, 2.24) is 0 Å². The SMILES string of the molecule is CN(C)c1ccc(C=NC2=C(O)c3ccccc3C2=O)cc1.CN(C)c1ccc(C=O)cc1.NC1=C(O)c2ccccc2C1=O. The van der Waals surface area contributed by atoms with E-state index in [0.717, 1.165) is 28.8 Å². The topological polar surface area (TPSA) is 137 Å². The van der Waals surface area contributed by atoms with Gasteiger partial charge in [-0.1, -0.05) is 60.7 Å². The molecule has 6 rings (SSSR count). The fourth-order valence-electron chi connectivity index (χ4n) is 4.50. The Bertz CT molecular complexity index is 1820. The van der Waals surface area contributed by atoms with Gasteiger partial charge in [-0.25, -0.2) is 4.99 Å². The number of nitrogens with zero attached hydrogens (tertiary/aromatic N) is 3. The molecule has 0 saturated carbocycles. The summed E-state index contributed by atoms with van der Waals surface area (Å²) in [6, 6.07) is 29.0. The van der Waals surface area contributed by atoms with Gasteiger partial charge in [-0.3, -0.25) is 14.4 Å². The van der Waals surface area contributed by atoms with E-state index in [1.165, 1.54) is 0 Å². The lowest BCUT2D eigenvalue weighted by atomic mass is 10.1. The minimum atomic E-state index is -0.289. The molecule has 4 N–H and O–H groups in total. The zero-order valence-corrected chi connectivity index (χ0v) is 25.4. The monoisotopic (exact) mass is 602 g/mol. The van der Waals surface area contributed by atoms with Gasteiger partial charge in [0.15, 0.2) is 11.5 Å². The summed E-state index contributed by atoms with van der Waals surface area (Å²) in [6.07, 6.45) is 2.44. The van der Waals surface area contributed by atoms with Gasteiger partial charge in [-0.15, -0.1) is 0 Å². The number of nitrogens with two attached hydrogens (primary N) is 1. The predicted molar refractivity (Wildman–Crippen MR) is 179 cm³/mol. The molecule has 2 aliphatic carbocycles. The molecule has 0 radical (unpaired) electrons. The molecule has 0 atom stereocenters. The number of aliphatic hydroxyl groups excluding tert-OH is 2. The molecule has 0 unspecified atom stereocenters. The molecule has 2 aliphatic rings. The molecule has 0 saturated heterocycles. The summed E-state index contributed by atoms with van der Waals surface area (Å²) >= 11 is 0. The molecular weight excluding hydrogens is 568 g/mol. The minimum Gasteiger partial charge on any atom is -0.505 e. The number of allylic oxidation sites excluding steroid dienone is 2. The summed E-state index contributed by atoms with van der Waals surface area (Å²) in [7, 11) is 7.88. The van der Waals surface area contributed by atoms with Crippen molar-refractivity contribution in [3.63, 3.8) is 0 Å². The fraction of sp³-hybridized carbons (Fsp3) is 0.111. The van der Waals surface area contributed by atoms with Crippen molar-refractivity contribution in [2.45, 2.75) is 0 Å². The molecule has 0 aliphatic heterocycles. The van der Waals surface area contributed by atoms with E-state index in [9.17, 15) is 24.6 Å². The van der Waals surface area contributed by atoms with Gasteiger partial charge in [0.05, 0.1) is 0 Å². The van der Waals surface area contributed by atoms with E-state index in [2.05, 4.69) is 4.99 Å². The Labute approximate surface area is 261 Å². The number of aliphatic hydroxyl groups is 2. The molecule has 0 spiro atoms. The fourth-order valence-corrected chi connectivity index (χ4v) is 4.50. The number of benzene rings is 4. The van der Waals surface area contributed by atoms with Crippen LogP contribution in [0.4, 0.5) is 11.4 Å². The Hall–Kier alpha value is -5.96. The normalized spacial score (nSPS) is 13.1. The lowest BCUT2D eigenvalue weighted by Crippen LogP contribution is -2.08. The predicted octanol–water partition coefficient (Wildman–Crippen LogP) is 5.93. The number of hydrogen-bond acceptors (Lipinski definition) is 9. The Morgan fingerprint density at radius 1 is 0.600 bits per heavy atom. The van der Waals surface area contributed by atoms with E-state index in [0.29, 0.717) is 22.3 Å². The van der Waals surface area contributed by atoms with Crippen LogP contribution in [-0.4, -0.2) is 62.5 Å². The first-order valence-corrected chi connectivity index (χ1v) is 14.0. The van der Waals surface area contributed by atoms with Crippen LogP contribution in [-0.2, 0) is 0 Å². The molecule has 0 heterocycles. The van der Waals surface area contributed by atoms with E-state index in [4.69, 9.17) is 5.73 Å². The molecule has 4 aromatic rings. The average molecular weight is 603 g/mol. The Balaban J connectivity index is 0.000000169. The number of carbonyl (C=O) groups excluding carboxylic acids is 3. The van der Waals surface area contributed by atoms with Crippen LogP contribution in [0.2, 0.25) is 0 Å². The number of fused-ring (bicyclic) bond motifs is 2. The smallest absolute Gasteiger partial charge is 0.215 e. The quantitative estimate of drug-likeness (QED) is 0.189. The van der Waals surface area contributed by atoms with Crippen LogP contribution in [0.3, 0.4) is 0 Å². The molecular formula is C36H34N4O5. The third-order valence-corrected chi connectivity index (χ3v) is 7.09. The molecule has 9 nitrogen and oxygen atoms in total. The first kappa shape index (κ1) is 32.0. The molecule has 45 heavy (non-hydrogen) atoms. The molecule has 0 aromatic heterocycles. The molecule has 0 amide bonds. The van der Waals surface area contributed by atoms with Crippen LogP contribution in [0.5, 0.6) is 0 Å². The molecule has 0 fully saturated rings.